The van der Waals surface area contributed by atoms with Gasteiger partial charge in [-0.25, -0.2) is 0 Å². The minimum atomic E-state index is -0.184. The Balaban J connectivity index is 1.70. The summed E-state index contributed by atoms with van der Waals surface area (Å²) in [7, 11) is 1.66. The van der Waals surface area contributed by atoms with Crippen molar-refractivity contribution in [2.24, 2.45) is 0 Å². The Morgan fingerprint density at radius 2 is 1.79 bits per heavy atom. The highest BCUT2D eigenvalue weighted by Crippen LogP contribution is 2.13. The van der Waals surface area contributed by atoms with Gasteiger partial charge in [-0.2, -0.15) is 0 Å². The van der Waals surface area contributed by atoms with Crippen molar-refractivity contribution < 1.29 is 14.3 Å². The van der Waals surface area contributed by atoms with E-state index >= 15 is 0 Å². The number of benzene rings is 1. The second kappa shape index (κ2) is 11.8. The summed E-state index contributed by atoms with van der Waals surface area (Å²) < 4.78 is 4.98. The molecule has 2 amide bonds. The predicted octanol–water partition coefficient (Wildman–Crippen LogP) is 1.02. The van der Waals surface area contributed by atoms with Crippen molar-refractivity contribution in [3.05, 3.63) is 35.9 Å². The first-order valence-corrected chi connectivity index (χ1v) is 10.1. The summed E-state index contributed by atoms with van der Waals surface area (Å²) in [4.78, 5) is 28.9. The molecular formula is C21H34N4O3. The molecule has 2 atom stereocenters. The zero-order valence-electron chi connectivity index (χ0n) is 17.3. The van der Waals surface area contributed by atoms with Crippen molar-refractivity contribution in [3.8, 4) is 0 Å². The SMILES string of the molecule is COCCCNC(=O)CN1CCN([C@H](C)C(=O)N[C@@H](C)c2ccccc2)CC1. The zero-order valence-corrected chi connectivity index (χ0v) is 17.3. The highest BCUT2D eigenvalue weighted by molar-refractivity contribution is 5.81. The normalized spacial score (nSPS) is 17.7. The average molecular weight is 391 g/mol. The molecule has 2 N–H and O–H groups in total. The minimum Gasteiger partial charge on any atom is -0.385 e. The van der Waals surface area contributed by atoms with Crippen LogP contribution in [0.2, 0.25) is 0 Å². The highest BCUT2D eigenvalue weighted by Gasteiger charge is 2.27. The van der Waals surface area contributed by atoms with Gasteiger partial charge < -0.3 is 15.4 Å². The summed E-state index contributed by atoms with van der Waals surface area (Å²) in [6.45, 7) is 8.80. The van der Waals surface area contributed by atoms with Crippen LogP contribution in [-0.4, -0.2) is 80.6 Å². The Morgan fingerprint density at radius 3 is 2.43 bits per heavy atom. The molecule has 0 radical (unpaired) electrons. The van der Waals surface area contributed by atoms with E-state index in [1.165, 1.54) is 0 Å². The number of rotatable bonds is 10. The molecule has 0 aromatic heterocycles. The van der Waals surface area contributed by atoms with Gasteiger partial charge in [0.05, 0.1) is 18.6 Å². The quantitative estimate of drug-likeness (QED) is 0.584. The monoisotopic (exact) mass is 390 g/mol. The van der Waals surface area contributed by atoms with Gasteiger partial charge in [-0.05, 0) is 25.8 Å². The van der Waals surface area contributed by atoms with Crippen LogP contribution in [-0.2, 0) is 14.3 Å². The maximum absolute atomic E-state index is 12.6. The summed E-state index contributed by atoms with van der Waals surface area (Å²) in [5, 5.41) is 6.02. The standard InChI is InChI=1S/C21H34N4O3/c1-17(19-8-5-4-6-9-19)23-21(27)18(2)25-13-11-24(12-14-25)16-20(26)22-10-7-15-28-3/h4-6,8-9,17-18H,7,10-16H2,1-3H3,(H,22,26)(H,23,27)/t17-,18+/m0/s1. The van der Waals surface area contributed by atoms with Crippen LogP contribution in [0.3, 0.4) is 0 Å². The lowest BCUT2D eigenvalue weighted by Gasteiger charge is -2.37. The maximum atomic E-state index is 12.6. The smallest absolute Gasteiger partial charge is 0.237 e. The fourth-order valence-electron chi connectivity index (χ4n) is 3.34. The molecule has 1 aliphatic heterocycles. The van der Waals surface area contributed by atoms with Crippen LogP contribution in [0.25, 0.3) is 0 Å². The molecule has 0 saturated carbocycles. The molecule has 0 bridgehead atoms. The number of nitrogens with one attached hydrogen (secondary N) is 2. The Labute approximate surface area is 168 Å². The number of amides is 2. The van der Waals surface area contributed by atoms with Crippen LogP contribution in [0.15, 0.2) is 30.3 Å². The molecule has 0 spiro atoms. The first-order chi connectivity index (χ1) is 13.5. The van der Waals surface area contributed by atoms with Crippen LogP contribution in [0, 0.1) is 0 Å². The summed E-state index contributed by atoms with van der Waals surface area (Å²) in [5.74, 6) is 0.0905. The van der Waals surface area contributed by atoms with Gasteiger partial charge >= 0.3 is 0 Å². The van der Waals surface area contributed by atoms with Gasteiger partial charge in [-0.15, -0.1) is 0 Å². The number of ether oxygens (including phenoxy) is 1. The largest absolute Gasteiger partial charge is 0.385 e. The Bertz CT molecular complexity index is 603. The minimum absolute atomic E-state index is 0.0146. The Hall–Kier alpha value is -1.96. The Kier molecular flexibility index (Phi) is 9.40. The lowest BCUT2D eigenvalue weighted by Crippen LogP contribution is -2.55. The van der Waals surface area contributed by atoms with Gasteiger partial charge in [0.1, 0.15) is 0 Å². The zero-order chi connectivity index (χ0) is 20.4. The van der Waals surface area contributed by atoms with Crippen molar-refractivity contribution in [2.75, 3.05) is 53.0 Å². The number of hydrogen-bond donors (Lipinski definition) is 2. The van der Waals surface area contributed by atoms with Gasteiger partial charge in [-0.3, -0.25) is 19.4 Å². The number of carbonyl (C=O) groups is 2. The van der Waals surface area contributed by atoms with E-state index in [0.29, 0.717) is 19.7 Å². The van der Waals surface area contributed by atoms with Crippen molar-refractivity contribution in [3.63, 3.8) is 0 Å². The molecule has 1 aromatic carbocycles. The molecule has 7 nitrogen and oxygen atoms in total. The third-order valence-electron chi connectivity index (χ3n) is 5.21. The van der Waals surface area contributed by atoms with E-state index in [2.05, 4.69) is 20.4 Å². The summed E-state index contributed by atoms with van der Waals surface area (Å²) in [6.07, 6.45) is 0.823. The molecular weight excluding hydrogens is 356 g/mol. The van der Waals surface area contributed by atoms with Crippen molar-refractivity contribution in [1.29, 1.82) is 0 Å². The molecule has 7 heteroatoms. The van der Waals surface area contributed by atoms with Gasteiger partial charge in [0.2, 0.25) is 11.8 Å². The van der Waals surface area contributed by atoms with Gasteiger partial charge in [-0.1, -0.05) is 30.3 Å². The first kappa shape index (κ1) is 22.3. The van der Waals surface area contributed by atoms with E-state index < -0.39 is 0 Å². The second-order valence-electron chi connectivity index (χ2n) is 7.33. The van der Waals surface area contributed by atoms with E-state index in [9.17, 15) is 9.59 Å². The van der Waals surface area contributed by atoms with Crippen LogP contribution in [0.1, 0.15) is 31.9 Å². The van der Waals surface area contributed by atoms with Gasteiger partial charge in [0, 0.05) is 46.4 Å². The lowest BCUT2D eigenvalue weighted by atomic mass is 10.1. The van der Waals surface area contributed by atoms with Crippen LogP contribution in [0.5, 0.6) is 0 Å². The molecule has 0 unspecified atom stereocenters. The fraction of sp³-hybridized carbons (Fsp3) is 0.619. The summed E-state index contributed by atoms with van der Waals surface area (Å²) in [6, 6.07) is 9.78. The lowest BCUT2D eigenvalue weighted by molar-refractivity contribution is -0.128. The third-order valence-corrected chi connectivity index (χ3v) is 5.21. The number of piperazine rings is 1. The number of carbonyl (C=O) groups excluding carboxylic acids is 2. The molecule has 1 fully saturated rings. The number of methoxy groups -OCH3 is 1. The first-order valence-electron chi connectivity index (χ1n) is 10.1. The van der Waals surface area contributed by atoms with Crippen molar-refractivity contribution in [2.45, 2.75) is 32.4 Å². The molecule has 1 heterocycles. The Morgan fingerprint density at radius 1 is 1.11 bits per heavy atom. The number of hydrogen-bond acceptors (Lipinski definition) is 5. The van der Waals surface area contributed by atoms with Crippen LogP contribution in [0.4, 0.5) is 0 Å². The van der Waals surface area contributed by atoms with Gasteiger partial charge in [0.25, 0.3) is 0 Å². The van der Waals surface area contributed by atoms with Crippen LogP contribution >= 0.6 is 0 Å². The molecule has 28 heavy (non-hydrogen) atoms. The summed E-state index contributed by atoms with van der Waals surface area (Å²) in [5.41, 5.74) is 1.10. The average Bonchev–Trinajstić information content (AvgIpc) is 2.72. The third kappa shape index (κ3) is 7.22. The van der Waals surface area contributed by atoms with E-state index in [-0.39, 0.29) is 23.9 Å². The second-order valence-corrected chi connectivity index (χ2v) is 7.33. The highest BCUT2D eigenvalue weighted by atomic mass is 16.5. The van der Waals surface area contributed by atoms with E-state index in [4.69, 9.17) is 4.74 Å². The molecule has 1 aliphatic rings. The van der Waals surface area contributed by atoms with Crippen molar-refractivity contribution in [1.82, 2.24) is 20.4 Å². The van der Waals surface area contributed by atoms with Gasteiger partial charge in [0.15, 0.2) is 0 Å². The molecule has 1 aromatic rings. The predicted molar refractivity (Wildman–Crippen MR) is 110 cm³/mol. The topological polar surface area (TPSA) is 73.9 Å². The molecule has 2 rings (SSSR count). The number of nitrogens with zero attached hydrogens (tertiary/aromatic N) is 2. The van der Waals surface area contributed by atoms with E-state index in [1.54, 1.807) is 7.11 Å². The maximum Gasteiger partial charge on any atom is 0.237 e. The van der Waals surface area contributed by atoms with E-state index in [1.807, 2.05) is 44.2 Å². The fourth-order valence-corrected chi connectivity index (χ4v) is 3.34. The molecule has 156 valence electrons. The van der Waals surface area contributed by atoms with Crippen LogP contribution < -0.4 is 10.6 Å². The van der Waals surface area contributed by atoms with Crippen molar-refractivity contribution >= 4 is 11.8 Å². The molecule has 0 aliphatic carbocycles. The summed E-state index contributed by atoms with van der Waals surface area (Å²) >= 11 is 0. The molecule has 1 saturated heterocycles. The van der Waals surface area contributed by atoms with E-state index in [0.717, 1.165) is 38.2 Å².